The lowest BCUT2D eigenvalue weighted by atomic mass is 9.97. The number of ether oxygens (including phenoxy) is 1. The van der Waals surface area contributed by atoms with E-state index < -0.39 is 24.0 Å². The first-order valence-corrected chi connectivity index (χ1v) is 13.4. The number of hydrogen-bond donors (Lipinski definition) is 3. The van der Waals surface area contributed by atoms with Gasteiger partial charge in [0.1, 0.15) is 12.4 Å². The van der Waals surface area contributed by atoms with Crippen molar-refractivity contribution < 1.29 is 29.1 Å². The van der Waals surface area contributed by atoms with Gasteiger partial charge in [0.2, 0.25) is 5.91 Å². The zero-order valence-corrected chi connectivity index (χ0v) is 23.9. The van der Waals surface area contributed by atoms with Gasteiger partial charge in [0, 0.05) is 24.3 Å². The monoisotopic (exact) mass is 573 g/mol. The fourth-order valence-corrected chi connectivity index (χ4v) is 4.83. The highest BCUT2D eigenvalue weighted by Crippen LogP contribution is 2.28. The van der Waals surface area contributed by atoms with Crippen molar-refractivity contribution in [3.8, 4) is 5.75 Å². The molecular formula is C28H36ClN5O6. The first-order valence-electron chi connectivity index (χ1n) is 13.1. The number of halogens is 1. The maximum absolute atomic E-state index is 13.9. The zero-order chi connectivity index (χ0) is 29.4. The van der Waals surface area contributed by atoms with Gasteiger partial charge in [-0.25, -0.2) is 9.59 Å². The predicted octanol–water partition coefficient (Wildman–Crippen LogP) is 4.16. The molecule has 2 unspecified atom stereocenters. The van der Waals surface area contributed by atoms with Crippen molar-refractivity contribution in [3.63, 3.8) is 0 Å². The van der Waals surface area contributed by atoms with Crippen molar-refractivity contribution in [3.05, 3.63) is 58.1 Å². The van der Waals surface area contributed by atoms with Crippen molar-refractivity contribution in [1.82, 2.24) is 15.1 Å². The summed E-state index contributed by atoms with van der Waals surface area (Å²) >= 11 is 6.23. The van der Waals surface area contributed by atoms with Gasteiger partial charge < -0.3 is 30.6 Å². The number of oxime groups is 1. The third kappa shape index (κ3) is 7.35. The summed E-state index contributed by atoms with van der Waals surface area (Å²) in [5.74, 6) is -1.12. The van der Waals surface area contributed by atoms with Crippen molar-refractivity contribution in [2.75, 3.05) is 39.6 Å². The molecule has 0 radical (unpaired) electrons. The van der Waals surface area contributed by atoms with Crippen LogP contribution in [0.5, 0.6) is 5.75 Å². The van der Waals surface area contributed by atoms with Crippen molar-refractivity contribution in [2.24, 2.45) is 11.1 Å². The fourth-order valence-electron chi connectivity index (χ4n) is 4.64. The summed E-state index contributed by atoms with van der Waals surface area (Å²) in [5, 5.41) is 16.9. The number of carbonyl (C=O) groups excluding carboxylic acids is 2. The standard InChI is InChI=1S/C28H36ClN5O6/c1-5-7-23(17-8-10-21(27(36)37)22(30)14-17)31-28(38)34-16-25(32-40-6-2)33(3)15-19(26(34)35)12-18-13-20(29)9-11-24(18)39-4/h8-11,13-14,19,23H,5-7,12,15-16,30H2,1-4H3,(H,31,38)(H,36,37)/b32-25-. The van der Waals surface area contributed by atoms with E-state index in [4.69, 9.17) is 26.9 Å². The Morgan fingerprint density at radius 1 is 1.25 bits per heavy atom. The number of nitrogen functional groups attached to an aromatic ring is 1. The van der Waals surface area contributed by atoms with Crippen LogP contribution in [0, 0.1) is 5.92 Å². The molecule has 0 spiro atoms. The van der Waals surface area contributed by atoms with Gasteiger partial charge >= 0.3 is 12.0 Å². The largest absolute Gasteiger partial charge is 0.496 e. The molecule has 12 heteroatoms. The molecule has 0 aliphatic carbocycles. The van der Waals surface area contributed by atoms with Crippen LogP contribution in [0.25, 0.3) is 0 Å². The number of benzene rings is 2. The zero-order valence-electron chi connectivity index (χ0n) is 23.1. The van der Waals surface area contributed by atoms with E-state index in [1.54, 1.807) is 50.2 Å². The Balaban J connectivity index is 1.94. The maximum atomic E-state index is 13.9. The highest BCUT2D eigenvalue weighted by molar-refractivity contribution is 6.30. The predicted molar refractivity (Wildman–Crippen MR) is 153 cm³/mol. The molecule has 2 aromatic rings. The van der Waals surface area contributed by atoms with Crippen LogP contribution in [0.15, 0.2) is 41.6 Å². The van der Waals surface area contributed by atoms with Crippen molar-refractivity contribution in [2.45, 2.75) is 39.2 Å². The highest BCUT2D eigenvalue weighted by atomic mass is 35.5. The lowest BCUT2D eigenvalue weighted by Gasteiger charge is -2.26. The number of nitrogens with two attached hydrogens (primary N) is 1. The minimum atomic E-state index is -1.14. The van der Waals surface area contributed by atoms with Crippen molar-refractivity contribution >= 4 is 41.0 Å². The topological polar surface area (TPSA) is 147 Å². The van der Waals surface area contributed by atoms with Gasteiger partial charge in [-0.05, 0) is 61.2 Å². The van der Waals surface area contributed by atoms with Crippen LogP contribution < -0.4 is 15.8 Å². The number of nitrogens with zero attached hydrogens (tertiary/aromatic N) is 3. The van der Waals surface area contributed by atoms with E-state index in [2.05, 4.69) is 10.5 Å². The van der Waals surface area contributed by atoms with E-state index in [1.165, 1.54) is 12.1 Å². The lowest BCUT2D eigenvalue weighted by molar-refractivity contribution is -0.131. The van der Waals surface area contributed by atoms with Crippen LogP contribution in [0.1, 0.15) is 54.2 Å². The number of aromatic carboxylic acids is 1. The second-order valence-corrected chi connectivity index (χ2v) is 9.97. The van der Waals surface area contributed by atoms with Gasteiger partial charge in [0.15, 0.2) is 5.84 Å². The Kier molecular flexibility index (Phi) is 10.6. The molecule has 3 amide bonds. The number of methoxy groups -OCH3 is 1. The number of hydrogen-bond acceptors (Lipinski definition) is 7. The number of imide groups is 1. The van der Waals surface area contributed by atoms with E-state index in [0.717, 1.165) is 16.9 Å². The summed E-state index contributed by atoms with van der Waals surface area (Å²) < 4.78 is 5.48. The molecule has 1 saturated heterocycles. The third-order valence-corrected chi connectivity index (χ3v) is 6.92. The number of likely N-dealkylation sites (N-methyl/N-ethyl adjacent to an activating group) is 1. The molecule has 0 aromatic heterocycles. The van der Waals surface area contributed by atoms with E-state index in [9.17, 15) is 19.5 Å². The second-order valence-electron chi connectivity index (χ2n) is 9.53. The number of anilines is 1. The first-order chi connectivity index (χ1) is 19.1. The average molecular weight is 574 g/mol. The molecule has 216 valence electrons. The Morgan fingerprint density at radius 3 is 2.62 bits per heavy atom. The normalized spacial score (nSPS) is 17.4. The van der Waals surface area contributed by atoms with E-state index in [-0.39, 0.29) is 36.7 Å². The molecule has 1 aliphatic heterocycles. The number of amides is 3. The van der Waals surface area contributed by atoms with Gasteiger partial charge in [-0.1, -0.05) is 36.2 Å². The third-order valence-electron chi connectivity index (χ3n) is 6.69. The van der Waals surface area contributed by atoms with Gasteiger partial charge in [-0.3, -0.25) is 9.69 Å². The van der Waals surface area contributed by atoms with Gasteiger partial charge in [-0.15, -0.1) is 0 Å². The molecule has 0 bridgehead atoms. The molecule has 1 heterocycles. The Morgan fingerprint density at radius 2 is 2.00 bits per heavy atom. The molecule has 0 saturated carbocycles. The molecule has 40 heavy (non-hydrogen) atoms. The van der Waals surface area contributed by atoms with E-state index >= 15 is 0 Å². The number of carboxylic acid groups (broad SMARTS) is 1. The minimum Gasteiger partial charge on any atom is -0.496 e. The molecule has 2 atom stereocenters. The van der Waals surface area contributed by atoms with Gasteiger partial charge in [-0.2, -0.15) is 0 Å². The number of urea groups is 1. The summed E-state index contributed by atoms with van der Waals surface area (Å²) in [6.45, 7) is 4.27. The molecule has 3 rings (SSSR count). The highest BCUT2D eigenvalue weighted by Gasteiger charge is 2.37. The quantitative estimate of drug-likeness (QED) is 0.283. The Bertz CT molecular complexity index is 1270. The van der Waals surface area contributed by atoms with Gasteiger partial charge in [0.25, 0.3) is 0 Å². The summed E-state index contributed by atoms with van der Waals surface area (Å²) in [6.07, 6.45) is 1.54. The summed E-state index contributed by atoms with van der Waals surface area (Å²) in [6, 6.07) is 8.66. The van der Waals surface area contributed by atoms with Crippen LogP contribution in [-0.4, -0.2) is 72.5 Å². The van der Waals surface area contributed by atoms with Crippen LogP contribution >= 0.6 is 11.6 Å². The minimum absolute atomic E-state index is 0.0212. The Labute approximate surface area is 238 Å². The number of rotatable bonds is 10. The maximum Gasteiger partial charge on any atom is 0.337 e. The van der Waals surface area contributed by atoms with Gasteiger partial charge in [0.05, 0.1) is 31.2 Å². The van der Waals surface area contributed by atoms with Crippen LogP contribution in [-0.2, 0) is 16.1 Å². The first kappa shape index (κ1) is 30.6. The fraction of sp³-hybridized carbons (Fsp3) is 0.429. The number of amidine groups is 1. The lowest BCUT2D eigenvalue weighted by Crippen LogP contribution is -2.48. The smallest absolute Gasteiger partial charge is 0.337 e. The summed E-state index contributed by atoms with van der Waals surface area (Å²) in [5.41, 5.74) is 7.42. The van der Waals surface area contributed by atoms with Crippen LogP contribution in [0.2, 0.25) is 5.02 Å². The van der Waals surface area contributed by atoms with E-state index in [0.29, 0.717) is 35.2 Å². The SMILES string of the molecule is CCCC(NC(=O)N1C/C(=N/OCC)N(C)CC(Cc2cc(Cl)ccc2OC)C1=O)c1ccc(C(=O)O)c(N)c1. The molecule has 2 aromatic carbocycles. The number of carboxylic acids is 1. The van der Waals surface area contributed by atoms with Crippen molar-refractivity contribution in [1.29, 1.82) is 0 Å². The molecule has 1 aliphatic rings. The summed E-state index contributed by atoms with van der Waals surface area (Å²) in [7, 11) is 3.34. The molecule has 4 N–H and O–H groups in total. The van der Waals surface area contributed by atoms with E-state index in [1.807, 2.05) is 6.92 Å². The number of carbonyl (C=O) groups is 3. The Hall–Kier alpha value is -3.99. The van der Waals surface area contributed by atoms with Crippen LogP contribution in [0.3, 0.4) is 0 Å². The summed E-state index contributed by atoms with van der Waals surface area (Å²) in [4.78, 5) is 47.2. The molecule has 1 fully saturated rings. The second kappa shape index (κ2) is 13.9. The van der Waals surface area contributed by atoms with Crippen LogP contribution in [0.4, 0.5) is 10.5 Å². The average Bonchev–Trinajstić information content (AvgIpc) is 3.02. The number of nitrogens with one attached hydrogen (secondary N) is 1. The molecule has 11 nitrogen and oxygen atoms in total. The molecular weight excluding hydrogens is 538 g/mol.